The molecule has 2 N–H and O–H groups in total. The predicted octanol–water partition coefficient (Wildman–Crippen LogP) is 0.0266. The minimum Gasteiger partial charge on any atom is -0.481 e. The summed E-state index contributed by atoms with van der Waals surface area (Å²) >= 11 is 0. The van der Waals surface area contributed by atoms with Crippen molar-refractivity contribution in [3.8, 4) is 0 Å². The van der Waals surface area contributed by atoms with Crippen LogP contribution in [0.4, 0.5) is 0 Å². The van der Waals surface area contributed by atoms with Crippen molar-refractivity contribution in [1.29, 1.82) is 0 Å². The SMILES string of the molecule is O=C(O)CCCCC(=O)N1CCC(CC(=O)ON2C(=O)CCC2=O)(CC(=O)ON2C(=O)CCC2O)CC1. The molecule has 204 valence electrons. The molecule has 0 saturated carbocycles. The number of aliphatic hydroxyl groups is 1. The molecule has 0 aromatic heterocycles. The Kier molecular flexibility index (Phi) is 9.18. The van der Waals surface area contributed by atoms with Crippen LogP contribution in [-0.4, -0.2) is 86.1 Å². The summed E-state index contributed by atoms with van der Waals surface area (Å²) in [4.78, 5) is 95.7. The first-order valence-corrected chi connectivity index (χ1v) is 12.3. The molecule has 3 saturated heterocycles. The van der Waals surface area contributed by atoms with Crippen molar-refractivity contribution in [2.24, 2.45) is 5.41 Å². The highest BCUT2D eigenvalue weighted by Crippen LogP contribution is 2.40. The van der Waals surface area contributed by atoms with Crippen molar-refractivity contribution in [2.75, 3.05) is 13.1 Å². The van der Waals surface area contributed by atoms with Gasteiger partial charge in [-0.15, -0.1) is 10.1 Å². The van der Waals surface area contributed by atoms with E-state index in [1.807, 2.05) is 0 Å². The van der Waals surface area contributed by atoms with Crippen LogP contribution < -0.4 is 0 Å². The van der Waals surface area contributed by atoms with E-state index in [1.165, 1.54) is 0 Å². The summed E-state index contributed by atoms with van der Waals surface area (Å²) in [6.45, 7) is 0.399. The van der Waals surface area contributed by atoms with Crippen LogP contribution in [0.25, 0.3) is 0 Å². The highest BCUT2D eigenvalue weighted by Gasteiger charge is 2.43. The fourth-order valence-electron chi connectivity index (χ4n) is 4.66. The summed E-state index contributed by atoms with van der Waals surface area (Å²) in [5.74, 6) is -4.71. The van der Waals surface area contributed by atoms with Gasteiger partial charge < -0.3 is 24.8 Å². The fraction of sp³-hybridized carbons (Fsp3) is 0.696. The fourth-order valence-corrected chi connectivity index (χ4v) is 4.66. The molecule has 14 heteroatoms. The van der Waals surface area contributed by atoms with Crippen molar-refractivity contribution < 1.29 is 53.4 Å². The highest BCUT2D eigenvalue weighted by atomic mass is 16.7. The Morgan fingerprint density at radius 2 is 1.41 bits per heavy atom. The predicted molar refractivity (Wildman–Crippen MR) is 119 cm³/mol. The Morgan fingerprint density at radius 1 is 0.838 bits per heavy atom. The van der Waals surface area contributed by atoms with Crippen LogP contribution >= 0.6 is 0 Å². The van der Waals surface area contributed by atoms with E-state index in [2.05, 4.69) is 0 Å². The van der Waals surface area contributed by atoms with E-state index in [4.69, 9.17) is 14.8 Å². The summed E-state index contributed by atoms with van der Waals surface area (Å²) in [5, 5.41) is 19.6. The lowest BCUT2D eigenvalue weighted by molar-refractivity contribution is -0.223. The number of hydroxylamine groups is 4. The molecule has 4 amide bonds. The lowest BCUT2D eigenvalue weighted by Gasteiger charge is -2.41. The van der Waals surface area contributed by atoms with Crippen molar-refractivity contribution in [1.82, 2.24) is 15.0 Å². The molecule has 14 nitrogen and oxygen atoms in total. The van der Waals surface area contributed by atoms with Crippen LogP contribution in [0.3, 0.4) is 0 Å². The molecular formula is C23H31N3O11. The standard InChI is InChI=1S/C23H31N3O11/c27-15(3-1-2-4-20(32)33)24-11-9-23(10-12-24,13-21(34)36-25-16(28)5-6-17(25)29)14-22(35)37-26-18(30)7-8-19(26)31/h16,28H,1-14H2,(H,32,33). The molecule has 0 radical (unpaired) electrons. The second-order valence-corrected chi connectivity index (χ2v) is 9.58. The quantitative estimate of drug-likeness (QED) is 0.273. The van der Waals surface area contributed by atoms with Crippen LogP contribution in [0.15, 0.2) is 0 Å². The molecule has 1 unspecified atom stereocenters. The van der Waals surface area contributed by atoms with Gasteiger partial charge in [0, 0.05) is 51.6 Å². The lowest BCUT2D eigenvalue weighted by atomic mass is 9.73. The van der Waals surface area contributed by atoms with Crippen molar-refractivity contribution in [3.63, 3.8) is 0 Å². The minimum absolute atomic E-state index is 0.0212. The number of unbranched alkanes of at least 4 members (excludes halogenated alkanes) is 1. The Bertz CT molecular complexity index is 942. The average molecular weight is 526 g/mol. The van der Waals surface area contributed by atoms with Crippen LogP contribution in [0.2, 0.25) is 0 Å². The molecule has 1 atom stereocenters. The Morgan fingerprint density at radius 3 is 1.95 bits per heavy atom. The highest BCUT2D eigenvalue weighted by molar-refractivity contribution is 6.01. The van der Waals surface area contributed by atoms with Crippen LogP contribution in [0.5, 0.6) is 0 Å². The number of nitrogens with zero attached hydrogens (tertiary/aromatic N) is 3. The molecule has 3 fully saturated rings. The number of piperidine rings is 1. The molecule has 0 aromatic rings. The number of aliphatic hydroxyl groups excluding tert-OH is 1. The molecule has 0 aromatic carbocycles. The number of aliphatic carboxylic acids is 1. The summed E-state index contributed by atoms with van der Waals surface area (Å²) in [6.07, 6.45) is -0.650. The maximum Gasteiger partial charge on any atom is 0.333 e. The van der Waals surface area contributed by atoms with E-state index in [-0.39, 0.29) is 83.2 Å². The topological polar surface area (TPSA) is 188 Å². The third-order valence-corrected chi connectivity index (χ3v) is 6.78. The number of amides is 4. The van der Waals surface area contributed by atoms with Gasteiger partial charge in [-0.25, -0.2) is 9.59 Å². The first kappa shape index (κ1) is 28.0. The molecule has 0 aliphatic carbocycles. The Hall–Kier alpha value is -3.55. The second kappa shape index (κ2) is 12.1. The monoisotopic (exact) mass is 525 g/mol. The van der Waals surface area contributed by atoms with Gasteiger partial charge in [-0.2, -0.15) is 0 Å². The lowest BCUT2D eigenvalue weighted by Crippen LogP contribution is -2.46. The number of carboxylic acid groups (broad SMARTS) is 1. The largest absolute Gasteiger partial charge is 0.481 e. The maximum atomic E-state index is 12.7. The summed E-state index contributed by atoms with van der Waals surface area (Å²) < 4.78 is 0. The number of carbonyl (C=O) groups is 7. The van der Waals surface area contributed by atoms with E-state index in [1.54, 1.807) is 4.90 Å². The number of carboxylic acids is 1. The zero-order valence-electron chi connectivity index (χ0n) is 20.4. The van der Waals surface area contributed by atoms with Crippen molar-refractivity contribution >= 4 is 41.5 Å². The van der Waals surface area contributed by atoms with Crippen LogP contribution in [0.1, 0.15) is 77.0 Å². The van der Waals surface area contributed by atoms with E-state index < -0.39 is 47.3 Å². The smallest absolute Gasteiger partial charge is 0.333 e. The Balaban J connectivity index is 1.63. The molecule has 3 aliphatic rings. The van der Waals surface area contributed by atoms with Gasteiger partial charge in [0.25, 0.3) is 17.7 Å². The van der Waals surface area contributed by atoms with Crippen LogP contribution in [-0.2, 0) is 43.2 Å². The number of imide groups is 1. The van der Waals surface area contributed by atoms with E-state index in [0.717, 1.165) is 0 Å². The molecule has 37 heavy (non-hydrogen) atoms. The first-order valence-electron chi connectivity index (χ1n) is 12.3. The van der Waals surface area contributed by atoms with Gasteiger partial charge in [0.1, 0.15) is 0 Å². The Labute approximate surface area is 212 Å². The van der Waals surface area contributed by atoms with E-state index in [0.29, 0.717) is 23.0 Å². The molecular weight excluding hydrogens is 494 g/mol. The van der Waals surface area contributed by atoms with Gasteiger partial charge in [0.15, 0.2) is 6.23 Å². The maximum absolute atomic E-state index is 12.7. The molecule has 3 aliphatic heterocycles. The number of carbonyl (C=O) groups excluding carboxylic acids is 6. The summed E-state index contributed by atoms with van der Waals surface area (Å²) in [5.41, 5.74) is -1.05. The van der Waals surface area contributed by atoms with Gasteiger partial charge in [-0.3, -0.25) is 24.0 Å². The van der Waals surface area contributed by atoms with Gasteiger partial charge in [-0.05, 0) is 31.1 Å². The van der Waals surface area contributed by atoms with Crippen LogP contribution in [0, 0.1) is 5.41 Å². The molecule has 0 bridgehead atoms. The normalized spacial score (nSPS) is 21.4. The van der Waals surface area contributed by atoms with E-state index in [9.17, 15) is 38.7 Å². The third-order valence-electron chi connectivity index (χ3n) is 6.78. The first-order chi connectivity index (χ1) is 17.5. The van der Waals surface area contributed by atoms with Gasteiger partial charge in [0.05, 0.1) is 12.8 Å². The number of hydrogen-bond donors (Lipinski definition) is 2. The van der Waals surface area contributed by atoms with Gasteiger partial charge >= 0.3 is 17.9 Å². The minimum atomic E-state index is -1.26. The summed E-state index contributed by atoms with van der Waals surface area (Å²) in [6, 6.07) is 0. The second-order valence-electron chi connectivity index (χ2n) is 9.58. The number of rotatable bonds is 11. The molecule has 3 heterocycles. The number of hydrogen-bond acceptors (Lipinski definition) is 10. The molecule has 3 rings (SSSR count). The number of likely N-dealkylation sites (tertiary alicyclic amines) is 1. The third kappa shape index (κ3) is 7.47. The zero-order chi connectivity index (χ0) is 27.2. The summed E-state index contributed by atoms with van der Waals surface area (Å²) in [7, 11) is 0. The van der Waals surface area contributed by atoms with Gasteiger partial charge in [0.2, 0.25) is 5.91 Å². The zero-order valence-corrected chi connectivity index (χ0v) is 20.4. The van der Waals surface area contributed by atoms with Crippen molar-refractivity contribution in [2.45, 2.75) is 83.3 Å². The average Bonchev–Trinajstić information content (AvgIpc) is 3.32. The molecule has 0 spiro atoms. The van der Waals surface area contributed by atoms with Crippen molar-refractivity contribution in [3.05, 3.63) is 0 Å². The van der Waals surface area contributed by atoms with E-state index >= 15 is 0 Å². The van der Waals surface area contributed by atoms with Gasteiger partial charge in [-0.1, -0.05) is 0 Å².